The Morgan fingerprint density at radius 3 is 2.45 bits per heavy atom. The molecule has 0 atom stereocenters. The van der Waals surface area contributed by atoms with Gasteiger partial charge >= 0.3 is 5.91 Å². The third-order valence-electron chi connectivity index (χ3n) is 2.99. The molecule has 0 aliphatic rings. The van der Waals surface area contributed by atoms with Gasteiger partial charge in [-0.05, 0) is 48.4 Å². The summed E-state index contributed by atoms with van der Waals surface area (Å²) in [5.41, 5.74) is 3.92. The number of nitrogens with one attached hydrogen (secondary N) is 1. The smallest absolute Gasteiger partial charge is 0.300 e. The van der Waals surface area contributed by atoms with Gasteiger partial charge in [-0.3, -0.25) is 10.2 Å². The van der Waals surface area contributed by atoms with Gasteiger partial charge in [0.25, 0.3) is 0 Å². The second-order valence-electron chi connectivity index (χ2n) is 4.67. The topological polar surface area (TPSA) is 73.6 Å². The lowest BCUT2D eigenvalue weighted by atomic mass is 10.2. The zero-order chi connectivity index (χ0) is 15.9. The van der Waals surface area contributed by atoms with Crippen LogP contribution in [-0.2, 0) is 4.79 Å². The van der Waals surface area contributed by atoms with E-state index in [1.165, 1.54) is 0 Å². The minimum absolute atomic E-state index is 0.110. The molecule has 5 heteroatoms. The number of benzene rings is 2. The van der Waals surface area contributed by atoms with Gasteiger partial charge in [-0.1, -0.05) is 24.3 Å². The molecule has 0 radical (unpaired) electrons. The van der Waals surface area contributed by atoms with E-state index in [9.17, 15) is 4.79 Å². The molecule has 0 fully saturated rings. The molecule has 0 aliphatic carbocycles. The van der Waals surface area contributed by atoms with Crippen LogP contribution in [0.1, 0.15) is 11.1 Å². The zero-order valence-electron chi connectivity index (χ0n) is 12.5. The normalized spacial score (nSPS) is 11.0. The van der Waals surface area contributed by atoms with E-state index in [0.717, 1.165) is 16.9 Å². The standard InChI is InChI=1S/C17H18N2O3/c1-12-4-3-5-15(10-12)22-16(17(20)19-18)11-13-6-8-14(21-2)9-7-13/h3-11H,18H2,1-2H3,(H,19,20)/b16-11-. The van der Waals surface area contributed by atoms with Crippen LogP contribution in [0.2, 0.25) is 0 Å². The SMILES string of the molecule is COc1ccc(/C=C(\Oc2cccc(C)c2)C(=O)NN)cc1. The Kier molecular flexibility index (Phi) is 5.16. The van der Waals surface area contributed by atoms with Gasteiger partial charge in [0, 0.05) is 0 Å². The minimum Gasteiger partial charge on any atom is -0.497 e. The van der Waals surface area contributed by atoms with E-state index in [4.69, 9.17) is 15.3 Å². The van der Waals surface area contributed by atoms with Crippen LogP contribution in [-0.4, -0.2) is 13.0 Å². The number of hydrazine groups is 1. The summed E-state index contributed by atoms with van der Waals surface area (Å²) in [6, 6.07) is 14.7. The van der Waals surface area contributed by atoms with Crippen LogP contribution in [0.3, 0.4) is 0 Å². The highest BCUT2D eigenvalue weighted by Gasteiger charge is 2.11. The number of carbonyl (C=O) groups excluding carboxylic acids is 1. The fraction of sp³-hybridized carbons (Fsp3) is 0.118. The van der Waals surface area contributed by atoms with E-state index < -0.39 is 5.91 Å². The summed E-state index contributed by atoms with van der Waals surface area (Å²) in [5.74, 6) is 6.13. The quantitative estimate of drug-likeness (QED) is 0.292. The molecule has 3 N–H and O–H groups in total. The molecule has 0 saturated carbocycles. The molecule has 1 amide bonds. The summed E-state index contributed by atoms with van der Waals surface area (Å²) < 4.78 is 10.7. The average molecular weight is 298 g/mol. The predicted molar refractivity (Wildman–Crippen MR) is 85.1 cm³/mol. The van der Waals surface area contributed by atoms with Crippen LogP contribution >= 0.6 is 0 Å². The molecule has 0 aromatic heterocycles. The van der Waals surface area contributed by atoms with E-state index in [2.05, 4.69) is 5.43 Å². The van der Waals surface area contributed by atoms with Crippen molar-refractivity contribution in [1.82, 2.24) is 5.43 Å². The van der Waals surface area contributed by atoms with Crippen molar-refractivity contribution in [1.29, 1.82) is 0 Å². The van der Waals surface area contributed by atoms with Gasteiger partial charge in [0.1, 0.15) is 11.5 Å². The largest absolute Gasteiger partial charge is 0.497 e. The highest BCUT2D eigenvalue weighted by Crippen LogP contribution is 2.19. The Bertz CT molecular complexity index is 679. The maximum atomic E-state index is 11.9. The first kappa shape index (κ1) is 15.6. The molecule has 0 spiro atoms. The lowest BCUT2D eigenvalue weighted by Crippen LogP contribution is -2.33. The summed E-state index contributed by atoms with van der Waals surface area (Å²) >= 11 is 0. The third-order valence-corrected chi connectivity index (χ3v) is 2.99. The van der Waals surface area contributed by atoms with Crippen molar-refractivity contribution in [3.8, 4) is 11.5 Å². The molecule has 114 valence electrons. The predicted octanol–water partition coefficient (Wildman–Crippen LogP) is 2.41. The van der Waals surface area contributed by atoms with E-state index in [0.29, 0.717) is 5.75 Å². The van der Waals surface area contributed by atoms with Crippen molar-refractivity contribution < 1.29 is 14.3 Å². The monoisotopic (exact) mass is 298 g/mol. The summed E-state index contributed by atoms with van der Waals surface area (Å²) in [6.07, 6.45) is 1.62. The van der Waals surface area contributed by atoms with Crippen molar-refractivity contribution in [2.75, 3.05) is 7.11 Å². The lowest BCUT2D eigenvalue weighted by Gasteiger charge is -2.09. The highest BCUT2D eigenvalue weighted by molar-refractivity contribution is 5.95. The summed E-state index contributed by atoms with van der Waals surface area (Å²) in [4.78, 5) is 11.9. The van der Waals surface area contributed by atoms with Gasteiger partial charge in [-0.2, -0.15) is 0 Å². The summed E-state index contributed by atoms with van der Waals surface area (Å²) in [7, 11) is 1.60. The van der Waals surface area contributed by atoms with Gasteiger partial charge in [-0.15, -0.1) is 0 Å². The minimum atomic E-state index is -0.502. The fourth-order valence-electron chi connectivity index (χ4n) is 1.87. The number of hydrogen-bond acceptors (Lipinski definition) is 4. The average Bonchev–Trinajstić information content (AvgIpc) is 2.54. The molecule has 2 rings (SSSR count). The van der Waals surface area contributed by atoms with Gasteiger partial charge in [0.05, 0.1) is 7.11 Å². The number of carbonyl (C=O) groups is 1. The first-order valence-corrected chi connectivity index (χ1v) is 6.73. The van der Waals surface area contributed by atoms with Gasteiger partial charge in [0.2, 0.25) is 0 Å². The van der Waals surface area contributed by atoms with Crippen LogP contribution in [0, 0.1) is 6.92 Å². The molecule has 0 unspecified atom stereocenters. The van der Waals surface area contributed by atoms with Gasteiger partial charge in [0.15, 0.2) is 5.76 Å². The Morgan fingerprint density at radius 1 is 1.14 bits per heavy atom. The van der Waals surface area contributed by atoms with E-state index in [1.54, 1.807) is 31.4 Å². The summed E-state index contributed by atoms with van der Waals surface area (Å²) in [6.45, 7) is 1.95. The first-order chi connectivity index (χ1) is 10.6. The Morgan fingerprint density at radius 2 is 1.86 bits per heavy atom. The number of amides is 1. The lowest BCUT2D eigenvalue weighted by molar-refractivity contribution is -0.119. The van der Waals surface area contributed by atoms with Crippen molar-refractivity contribution in [3.05, 3.63) is 65.4 Å². The summed E-state index contributed by atoms with van der Waals surface area (Å²) in [5, 5.41) is 0. The van der Waals surface area contributed by atoms with E-state index in [-0.39, 0.29) is 5.76 Å². The first-order valence-electron chi connectivity index (χ1n) is 6.73. The van der Waals surface area contributed by atoms with Crippen LogP contribution in [0.25, 0.3) is 6.08 Å². The number of hydrogen-bond donors (Lipinski definition) is 2. The molecule has 0 aliphatic heterocycles. The number of nitrogens with two attached hydrogens (primary N) is 1. The Hall–Kier alpha value is -2.79. The molecule has 0 saturated heterocycles. The molecule has 2 aromatic rings. The van der Waals surface area contributed by atoms with E-state index in [1.807, 2.05) is 37.3 Å². The number of rotatable bonds is 5. The Labute approximate surface area is 129 Å². The maximum Gasteiger partial charge on any atom is 0.300 e. The molecule has 22 heavy (non-hydrogen) atoms. The van der Waals surface area contributed by atoms with Crippen molar-refractivity contribution in [2.24, 2.45) is 5.84 Å². The Balaban J connectivity index is 2.28. The molecule has 5 nitrogen and oxygen atoms in total. The van der Waals surface area contributed by atoms with Crippen LogP contribution in [0.5, 0.6) is 11.5 Å². The van der Waals surface area contributed by atoms with Crippen molar-refractivity contribution in [2.45, 2.75) is 6.92 Å². The fourth-order valence-corrected chi connectivity index (χ4v) is 1.87. The molecule has 0 bridgehead atoms. The molecule has 0 heterocycles. The third kappa shape index (κ3) is 4.10. The molecular formula is C17H18N2O3. The second kappa shape index (κ2) is 7.28. The zero-order valence-corrected chi connectivity index (χ0v) is 12.5. The van der Waals surface area contributed by atoms with Crippen LogP contribution in [0.15, 0.2) is 54.3 Å². The van der Waals surface area contributed by atoms with E-state index >= 15 is 0 Å². The van der Waals surface area contributed by atoms with Crippen LogP contribution < -0.4 is 20.7 Å². The molecule has 2 aromatic carbocycles. The molecular weight excluding hydrogens is 280 g/mol. The van der Waals surface area contributed by atoms with Gasteiger partial charge in [-0.25, -0.2) is 5.84 Å². The van der Waals surface area contributed by atoms with Crippen LogP contribution in [0.4, 0.5) is 0 Å². The number of aryl methyl sites for hydroxylation is 1. The maximum absolute atomic E-state index is 11.9. The van der Waals surface area contributed by atoms with Crippen molar-refractivity contribution in [3.63, 3.8) is 0 Å². The highest BCUT2D eigenvalue weighted by atomic mass is 16.5. The van der Waals surface area contributed by atoms with Gasteiger partial charge < -0.3 is 9.47 Å². The second-order valence-corrected chi connectivity index (χ2v) is 4.67. The van der Waals surface area contributed by atoms with Crippen molar-refractivity contribution >= 4 is 12.0 Å². The number of ether oxygens (including phenoxy) is 2. The number of methoxy groups -OCH3 is 1.